The maximum Gasteiger partial charge on any atom is 0.433 e. The Morgan fingerprint density at radius 2 is 2.22 bits per heavy atom. The molecule has 1 saturated carbocycles. The van der Waals surface area contributed by atoms with E-state index in [-0.39, 0.29) is 23.5 Å². The summed E-state index contributed by atoms with van der Waals surface area (Å²) in [4.78, 5) is 18.4. The van der Waals surface area contributed by atoms with E-state index in [0.29, 0.717) is 18.4 Å². The van der Waals surface area contributed by atoms with Crippen molar-refractivity contribution < 1.29 is 14.6 Å². The summed E-state index contributed by atoms with van der Waals surface area (Å²) in [6.45, 7) is 8.40. The molecular formula is C22H34N2O3. The second-order valence-corrected chi connectivity index (χ2v) is 8.38. The van der Waals surface area contributed by atoms with Crippen LogP contribution in [0, 0.1) is 23.2 Å². The molecule has 1 saturated heterocycles. The van der Waals surface area contributed by atoms with Gasteiger partial charge in [-0.25, -0.2) is 4.79 Å². The van der Waals surface area contributed by atoms with Gasteiger partial charge in [-0.1, -0.05) is 44.6 Å². The van der Waals surface area contributed by atoms with Crippen LogP contribution in [-0.4, -0.2) is 54.2 Å². The molecular weight excluding hydrogens is 340 g/mol. The summed E-state index contributed by atoms with van der Waals surface area (Å²) in [5.41, 5.74) is -0.238. The summed E-state index contributed by atoms with van der Waals surface area (Å²) in [6.07, 6.45) is 14.0. The minimum absolute atomic E-state index is 0.0399. The van der Waals surface area contributed by atoms with Crippen LogP contribution < -0.4 is 0 Å². The Bertz CT molecular complexity index is 615. The summed E-state index contributed by atoms with van der Waals surface area (Å²) in [5.74, 6) is 1.15. The molecule has 0 radical (unpaired) electrons. The van der Waals surface area contributed by atoms with Crippen LogP contribution in [-0.2, 0) is 4.74 Å². The van der Waals surface area contributed by atoms with Gasteiger partial charge in [-0.2, -0.15) is 4.99 Å². The molecule has 0 aromatic rings. The van der Waals surface area contributed by atoms with Crippen LogP contribution in [0.1, 0.15) is 46.5 Å². The van der Waals surface area contributed by atoms with Crippen LogP contribution >= 0.6 is 0 Å². The molecule has 1 amide bonds. The molecule has 2 fully saturated rings. The number of aliphatic hydroxyl groups excluding tert-OH is 1. The van der Waals surface area contributed by atoms with Gasteiger partial charge in [-0.3, -0.25) is 4.90 Å². The number of nitrogens with zero attached hydrogens (tertiary/aromatic N) is 2. The molecule has 0 aromatic carbocycles. The zero-order chi connectivity index (χ0) is 19.4. The van der Waals surface area contributed by atoms with E-state index < -0.39 is 6.09 Å². The van der Waals surface area contributed by atoms with Gasteiger partial charge < -0.3 is 9.84 Å². The summed E-state index contributed by atoms with van der Waals surface area (Å²) in [5, 5.41) is 10.8. The van der Waals surface area contributed by atoms with Crippen LogP contribution in [0.15, 0.2) is 29.3 Å². The fourth-order valence-electron chi connectivity index (χ4n) is 5.23. The van der Waals surface area contributed by atoms with Crippen LogP contribution in [0.3, 0.4) is 0 Å². The molecule has 5 heteroatoms. The molecule has 5 nitrogen and oxygen atoms in total. The number of piperidine rings is 1. The number of fused-ring (bicyclic) bond motifs is 1. The molecule has 1 N–H and O–H groups in total. The highest BCUT2D eigenvalue weighted by atomic mass is 16.5. The Hall–Kier alpha value is -1.46. The number of hydrogen-bond donors (Lipinski definition) is 1. The maximum atomic E-state index is 11.8. The minimum Gasteiger partial charge on any atom is -0.448 e. The number of carbonyl (C=O) groups excluding carboxylic acids is 1. The maximum absolute atomic E-state index is 11.8. The Morgan fingerprint density at radius 1 is 1.41 bits per heavy atom. The Balaban J connectivity index is 1.81. The third-order valence-corrected chi connectivity index (χ3v) is 6.82. The van der Waals surface area contributed by atoms with Crippen molar-refractivity contribution >= 4 is 12.3 Å². The predicted molar refractivity (Wildman–Crippen MR) is 108 cm³/mol. The lowest BCUT2D eigenvalue weighted by Crippen LogP contribution is -2.74. The van der Waals surface area contributed by atoms with Crippen molar-refractivity contribution in [2.24, 2.45) is 28.2 Å². The number of ether oxygens (including phenoxy) is 1. The first-order valence-electron chi connectivity index (χ1n) is 10.5. The molecule has 150 valence electrons. The minimum atomic E-state index is -0.526. The van der Waals surface area contributed by atoms with E-state index in [1.54, 1.807) is 6.92 Å². The molecule has 0 aromatic heterocycles. The van der Waals surface area contributed by atoms with Gasteiger partial charge in [-0.15, -0.1) is 0 Å². The molecule has 2 aliphatic carbocycles. The standard InChI is InChI=1S/C22H34N2O3/c1-4-17-12-22(15-23-21(26)27-5-2)16(3)19(25)20(22)24(13-17)14-18-10-8-6-7-9-11-18/h6-8,10,15-20,25H,4-5,9,11-14H2,1-3H3/b23-15+. The van der Waals surface area contributed by atoms with Gasteiger partial charge in [0.15, 0.2) is 0 Å². The van der Waals surface area contributed by atoms with E-state index in [1.807, 2.05) is 6.21 Å². The Kier molecular flexibility index (Phi) is 6.53. The highest BCUT2D eigenvalue weighted by molar-refractivity contribution is 5.83. The van der Waals surface area contributed by atoms with Gasteiger partial charge in [0.05, 0.1) is 12.7 Å². The number of likely N-dealkylation sites (tertiary alicyclic amines) is 1. The molecule has 27 heavy (non-hydrogen) atoms. The molecule has 6 atom stereocenters. The monoisotopic (exact) mass is 374 g/mol. The number of rotatable bonds is 5. The van der Waals surface area contributed by atoms with Crippen molar-refractivity contribution in [1.29, 1.82) is 0 Å². The number of aliphatic imine (C=N–C) groups is 1. The van der Waals surface area contributed by atoms with Gasteiger partial charge in [0, 0.05) is 30.8 Å². The highest BCUT2D eigenvalue weighted by Gasteiger charge is 2.63. The molecule has 0 spiro atoms. The zero-order valence-electron chi connectivity index (χ0n) is 16.9. The first-order valence-corrected chi connectivity index (χ1v) is 10.5. The topological polar surface area (TPSA) is 62.1 Å². The average Bonchev–Trinajstić information content (AvgIpc) is 2.94. The van der Waals surface area contributed by atoms with Crippen molar-refractivity contribution in [3.63, 3.8) is 0 Å². The molecule has 3 rings (SSSR count). The van der Waals surface area contributed by atoms with E-state index in [4.69, 9.17) is 4.74 Å². The third-order valence-electron chi connectivity index (χ3n) is 6.82. The first-order chi connectivity index (χ1) is 13.0. The highest BCUT2D eigenvalue weighted by Crippen LogP contribution is 2.55. The number of hydrogen-bond acceptors (Lipinski definition) is 4. The number of amides is 1. The van der Waals surface area contributed by atoms with Crippen LogP contribution in [0.4, 0.5) is 4.79 Å². The summed E-state index contributed by atoms with van der Waals surface area (Å²) < 4.78 is 4.99. The van der Waals surface area contributed by atoms with E-state index in [2.05, 4.69) is 48.0 Å². The molecule has 6 unspecified atom stereocenters. The van der Waals surface area contributed by atoms with Crippen molar-refractivity contribution in [1.82, 2.24) is 4.90 Å². The van der Waals surface area contributed by atoms with Gasteiger partial charge in [0.1, 0.15) is 0 Å². The summed E-state index contributed by atoms with van der Waals surface area (Å²) in [7, 11) is 0. The Labute approximate surface area is 163 Å². The van der Waals surface area contributed by atoms with E-state index in [9.17, 15) is 9.90 Å². The van der Waals surface area contributed by atoms with E-state index in [0.717, 1.165) is 38.8 Å². The quantitative estimate of drug-likeness (QED) is 0.743. The van der Waals surface area contributed by atoms with E-state index in [1.165, 1.54) is 0 Å². The molecule has 1 aliphatic heterocycles. The number of aliphatic hydroxyl groups is 1. The van der Waals surface area contributed by atoms with Gasteiger partial charge in [0.2, 0.25) is 0 Å². The van der Waals surface area contributed by atoms with Gasteiger partial charge in [0.25, 0.3) is 0 Å². The number of carbonyl (C=O) groups is 1. The zero-order valence-corrected chi connectivity index (χ0v) is 16.9. The summed E-state index contributed by atoms with van der Waals surface area (Å²) >= 11 is 0. The van der Waals surface area contributed by atoms with Crippen LogP contribution in [0.2, 0.25) is 0 Å². The number of allylic oxidation sites excluding steroid dienone is 3. The summed E-state index contributed by atoms with van der Waals surface area (Å²) in [6, 6.07) is 0.0399. The lowest BCUT2D eigenvalue weighted by molar-refractivity contribution is -0.181. The van der Waals surface area contributed by atoms with Crippen molar-refractivity contribution in [3.05, 3.63) is 24.3 Å². The fraction of sp³-hybridized carbons (Fsp3) is 0.727. The van der Waals surface area contributed by atoms with Gasteiger partial charge in [-0.05, 0) is 43.9 Å². The van der Waals surface area contributed by atoms with Crippen molar-refractivity contribution in [2.45, 2.75) is 58.6 Å². The average molecular weight is 375 g/mol. The first kappa shape index (κ1) is 20.3. The second-order valence-electron chi connectivity index (χ2n) is 8.38. The second kappa shape index (κ2) is 8.70. The molecule has 1 heterocycles. The van der Waals surface area contributed by atoms with Gasteiger partial charge >= 0.3 is 6.09 Å². The fourth-order valence-corrected chi connectivity index (χ4v) is 5.23. The van der Waals surface area contributed by atoms with Crippen LogP contribution in [0.5, 0.6) is 0 Å². The van der Waals surface area contributed by atoms with Crippen molar-refractivity contribution in [2.75, 3.05) is 19.7 Å². The Morgan fingerprint density at radius 3 is 2.96 bits per heavy atom. The molecule has 3 aliphatic rings. The lowest BCUT2D eigenvalue weighted by atomic mass is 9.50. The van der Waals surface area contributed by atoms with Crippen LogP contribution in [0.25, 0.3) is 0 Å². The third kappa shape index (κ3) is 4.04. The largest absolute Gasteiger partial charge is 0.448 e. The SMILES string of the molecule is CCOC(=O)/N=C/C12CC(CC)CN(CC3C=CC=CCC3)C1C(O)C2C. The van der Waals surface area contributed by atoms with Crippen molar-refractivity contribution in [3.8, 4) is 0 Å². The lowest BCUT2D eigenvalue weighted by Gasteiger charge is -2.64. The molecule has 0 bridgehead atoms. The smallest absolute Gasteiger partial charge is 0.433 e. The predicted octanol–water partition coefficient (Wildman–Crippen LogP) is 3.83. The van der Waals surface area contributed by atoms with E-state index >= 15 is 0 Å². The normalized spacial score (nSPS) is 39.0.